The predicted octanol–water partition coefficient (Wildman–Crippen LogP) is 2.51. The van der Waals surface area contributed by atoms with Gasteiger partial charge in [0.1, 0.15) is 0 Å². The second kappa shape index (κ2) is 6.66. The molecule has 3 unspecified atom stereocenters. The minimum atomic E-state index is 0.448. The van der Waals surface area contributed by atoms with Crippen LogP contribution in [0.2, 0.25) is 0 Å². The molecule has 2 rings (SSSR count). The molecule has 0 amide bonds. The molecule has 0 bridgehead atoms. The van der Waals surface area contributed by atoms with Crippen molar-refractivity contribution in [1.29, 1.82) is 0 Å². The molecule has 18 heavy (non-hydrogen) atoms. The lowest BCUT2D eigenvalue weighted by atomic mass is 10.1. The van der Waals surface area contributed by atoms with E-state index in [0.717, 1.165) is 26.3 Å². The molecule has 0 radical (unpaired) electrons. The van der Waals surface area contributed by atoms with E-state index in [1.54, 1.807) is 0 Å². The van der Waals surface area contributed by atoms with E-state index in [0.29, 0.717) is 18.1 Å². The summed E-state index contributed by atoms with van der Waals surface area (Å²) in [7, 11) is 0. The number of thiophene rings is 1. The van der Waals surface area contributed by atoms with Gasteiger partial charge < -0.3 is 10.1 Å². The van der Waals surface area contributed by atoms with Crippen molar-refractivity contribution < 1.29 is 4.74 Å². The third kappa shape index (κ3) is 3.54. The van der Waals surface area contributed by atoms with Crippen molar-refractivity contribution in [2.45, 2.75) is 38.9 Å². The van der Waals surface area contributed by atoms with E-state index in [1.807, 2.05) is 11.3 Å². The summed E-state index contributed by atoms with van der Waals surface area (Å²) >= 11 is 1.82. The van der Waals surface area contributed by atoms with Gasteiger partial charge in [0.15, 0.2) is 0 Å². The van der Waals surface area contributed by atoms with Crippen LogP contribution in [0.15, 0.2) is 17.5 Å². The lowest BCUT2D eigenvalue weighted by Gasteiger charge is -2.38. The van der Waals surface area contributed by atoms with Crippen LogP contribution in [0.5, 0.6) is 0 Å². The number of hydrogen-bond donors (Lipinski definition) is 1. The zero-order valence-corrected chi connectivity index (χ0v) is 12.4. The van der Waals surface area contributed by atoms with Crippen LogP contribution in [0.1, 0.15) is 31.7 Å². The summed E-state index contributed by atoms with van der Waals surface area (Å²) in [5, 5.41) is 5.77. The van der Waals surface area contributed by atoms with Gasteiger partial charge in [-0.15, -0.1) is 11.3 Å². The fourth-order valence-corrected chi connectivity index (χ4v) is 3.26. The molecular weight excluding hydrogens is 244 g/mol. The molecule has 1 aliphatic heterocycles. The summed E-state index contributed by atoms with van der Waals surface area (Å²) in [6.45, 7) is 10.6. The van der Waals surface area contributed by atoms with Gasteiger partial charge in [0.25, 0.3) is 0 Å². The van der Waals surface area contributed by atoms with E-state index >= 15 is 0 Å². The molecule has 3 nitrogen and oxygen atoms in total. The van der Waals surface area contributed by atoms with E-state index in [4.69, 9.17) is 4.74 Å². The Morgan fingerprint density at radius 3 is 3.06 bits per heavy atom. The zero-order valence-electron chi connectivity index (χ0n) is 11.6. The first kappa shape index (κ1) is 14.0. The first-order valence-electron chi connectivity index (χ1n) is 6.78. The van der Waals surface area contributed by atoms with E-state index < -0.39 is 0 Å². The van der Waals surface area contributed by atoms with Gasteiger partial charge >= 0.3 is 0 Å². The average molecular weight is 268 g/mol. The summed E-state index contributed by atoms with van der Waals surface area (Å²) in [5.41, 5.74) is 0. The molecule has 3 atom stereocenters. The number of morpholine rings is 1. The van der Waals surface area contributed by atoms with E-state index in [9.17, 15) is 0 Å². The SMILES string of the molecule is CC(NCC(C)N1CCOCC1C)c1cccs1. The molecule has 1 saturated heterocycles. The zero-order chi connectivity index (χ0) is 13.0. The number of nitrogens with one attached hydrogen (secondary N) is 1. The van der Waals surface area contributed by atoms with Crippen molar-refractivity contribution in [3.05, 3.63) is 22.4 Å². The smallest absolute Gasteiger partial charge is 0.0619 e. The molecule has 0 spiro atoms. The molecule has 1 aromatic rings. The largest absolute Gasteiger partial charge is 0.379 e. The third-order valence-electron chi connectivity index (χ3n) is 3.67. The maximum atomic E-state index is 5.49. The van der Waals surface area contributed by atoms with Crippen LogP contribution in [0.4, 0.5) is 0 Å². The van der Waals surface area contributed by atoms with Gasteiger partial charge in [-0.3, -0.25) is 4.90 Å². The number of hydrogen-bond acceptors (Lipinski definition) is 4. The lowest BCUT2D eigenvalue weighted by Crippen LogP contribution is -2.51. The standard InChI is InChI=1S/C14H24N2OS/c1-11(16-6-7-17-10-12(16)2)9-15-13(3)14-5-4-8-18-14/h4-5,8,11-13,15H,6-7,9-10H2,1-3H3. The number of nitrogens with zero attached hydrogens (tertiary/aromatic N) is 1. The second-order valence-electron chi connectivity index (χ2n) is 5.16. The van der Waals surface area contributed by atoms with Crippen molar-refractivity contribution in [2.24, 2.45) is 0 Å². The average Bonchev–Trinajstić information content (AvgIpc) is 2.90. The van der Waals surface area contributed by atoms with Gasteiger partial charge in [-0.05, 0) is 32.2 Å². The molecule has 1 N–H and O–H groups in total. The molecule has 0 saturated carbocycles. The van der Waals surface area contributed by atoms with Gasteiger partial charge in [0.05, 0.1) is 13.2 Å². The highest BCUT2D eigenvalue weighted by Crippen LogP contribution is 2.18. The van der Waals surface area contributed by atoms with Gasteiger partial charge in [-0.25, -0.2) is 0 Å². The van der Waals surface area contributed by atoms with Crippen molar-refractivity contribution in [3.63, 3.8) is 0 Å². The Hall–Kier alpha value is -0.420. The molecule has 0 aromatic carbocycles. The fourth-order valence-electron chi connectivity index (χ4n) is 2.50. The molecule has 4 heteroatoms. The lowest BCUT2D eigenvalue weighted by molar-refractivity contribution is -0.0184. The predicted molar refractivity (Wildman–Crippen MR) is 77.2 cm³/mol. The minimum Gasteiger partial charge on any atom is -0.379 e. The summed E-state index contributed by atoms with van der Waals surface area (Å²) < 4.78 is 5.49. The maximum Gasteiger partial charge on any atom is 0.0619 e. The first-order chi connectivity index (χ1) is 8.68. The van der Waals surface area contributed by atoms with E-state index in [-0.39, 0.29) is 0 Å². The number of ether oxygens (including phenoxy) is 1. The molecule has 0 aliphatic carbocycles. The minimum absolute atomic E-state index is 0.448. The van der Waals surface area contributed by atoms with E-state index in [1.165, 1.54) is 4.88 Å². The summed E-state index contributed by atoms with van der Waals surface area (Å²) in [5.74, 6) is 0. The Morgan fingerprint density at radius 2 is 2.39 bits per heavy atom. The van der Waals surface area contributed by atoms with E-state index in [2.05, 4.69) is 48.5 Å². The Kier molecular flexibility index (Phi) is 5.18. The monoisotopic (exact) mass is 268 g/mol. The quantitative estimate of drug-likeness (QED) is 0.888. The summed E-state index contributed by atoms with van der Waals surface area (Å²) in [6.07, 6.45) is 0. The number of rotatable bonds is 5. The highest BCUT2D eigenvalue weighted by Gasteiger charge is 2.23. The Morgan fingerprint density at radius 1 is 1.56 bits per heavy atom. The molecule has 1 aromatic heterocycles. The molecule has 1 aliphatic rings. The molecule has 102 valence electrons. The summed E-state index contributed by atoms with van der Waals surface area (Å²) in [6, 6.07) is 5.86. The second-order valence-corrected chi connectivity index (χ2v) is 6.14. The van der Waals surface area contributed by atoms with Crippen molar-refractivity contribution >= 4 is 11.3 Å². The van der Waals surface area contributed by atoms with Gasteiger partial charge in [-0.1, -0.05) is 6.07 Å². The van der Waals surface area contributed by atoms with Crippen LogP contribution in [-0.4, -0.2) is 43.3 Å². The molecular formula is C14H24N2OS. The van der Waals surface area contributed by atoms with Crippen LogP contribution in [0, 0.1) is 0 Å². The Labute approximate surface area is 114 Å². The van der Waals surface area contributed by atoms with Crippen molar-refractivity contribution in [3.8, 4) is 0 Å². The Balaban J connectivity index is 1.78. The van der Waals surface area contributed by atoms with Crippen LogP contribution >= 0.6 is 11.3 Å². The van der Waals surface area contributed by atoms with Gasteiger partial charge in [0, 0.05) is 36.1 Å². The highest BCUT2D eigenvalue weighted by atomic mass is 32.1. The normalized spacial score (nSPS) is 24.9. The van der Waals surface area contributed by atoms with Gasteiger partial charge in [-0.2, -0.15) is 0 Å². The maximum absolute atomic E-state index is 5.49. The highest BCUT2D eigenvalue weighted by molar-refractivity contribution is 7.10. The molecule has 2 heterocycles. The van der Waals surface area contributed by atoms with Crippen LogP contribution < -0.4 is 5.32 Å². The van der Waals surface area contributed by atoms with Crippen molar-refractivity contribution in [2.75, 3.05) is 26.3 Å². The Bertz CT molecular complexity index is 342. The van der Waals surface area contributed by atoms with Crippen LogP contribution in [-0.2, 0) is 4.74 Å². The van der Waals surface area contributed by atoms with Gasteiger partial charge in [0.2, 0.25) is 0 Å². The first-order valence-corrected chi connectivity index (χ1v) is 7.66. The topological polar surface area (TPSA) is 24.5 Å². The van der Waals surface area contributed by atoms with Crippen LogP contribution in [0.3, 0.4) is 0 Å². The third-order valence-corrected chi connectivity index (χ3v) is 4.73. The van der Waals surface area contributed by atoms with Crippen molar-refractivity contribution in [1.82, 2.24) is 10.2 Å². The summed E-state index contributed by atoms with van der Waals surface area (Å²) in [4.78, 5) is 3.95. The fraction of sp³-hybridized carbons (Fsp3) is 0.714. The molecule has 1 fully saturated rings. The van der Waals surface area contributed by atoms with Crippen LogP contribution in [0.25, 0.3) is 0 Å².